The molecule has 0 radical (unpaired) electrons. The van der Waals surface area contributed by atoms with E-state index >= 15 is 0 Å². The Bertz CT molecular complexity index is 313. The van der Waals surface area contributed by atoms with E-state index in [2.05, 4.69) is 35.2 Å². The van der Waals surface area contributed by atoms with Crippen LogP contribution in [0.15, 0.2) is 30.3 Å². The summed E-state index contributed by atoms with van der Waals surface area (Å²) in [5, 5.41) is 8.42. The van der Waals surface area contributed by atoms with Crippen LogP contribution in [0.5, 0.6) is 0 Å². The van der Waals surface area contributed by atoms with Crippen LogP contribution >= 0.6 is 0 Å². The van der Waals surface area contributed by atoms with Gasteiger partial charge in [-0.15, -0.1) is 0 Å². The minimum Gasteiger partial charge on any atom is -0.292 e. The number of hydrogen-bond acceptors (Lipinski definition) is 2. The van der Waals surface area contributed by atoms with E-state index in [0.29, 0.717) is 12.5 Å². The molecule has 1 aromatic carbocycles. The molecular formula is C11H12N2. The van der Waals surface area contributed by atoms with Gasteiger partial charge in [0.1, 0.15) is 0 Å². The highest BCUT2D eigenvalue weighted by Gasteiger charge is 2.33. The Hall–Kier alpha value is -1.33. The van der Waals surface area contributed by atoms with Crippen LogP contribution in [-0.2, 0) is 0 Å². The van der Waals surface area contributed by atoms with E-state index in [-0.39, 0.29) is 0 Å². The van der Waals surface area contributed by atoms with Crippen LogP contribution in [0.3, 0.4) is 0 Å². The molecular weight excluding hydrogens is 160 g/mol. The van der Waals surface area contributed by atoms with Crippen molar-refractivity contribution >= 4 is 0 Å². The molecule has 2 atom stereocenters. The van der Waals surface area contributed by atoms with Crippen LogP contribution in [0.4, 0.5) is 0 Å². The van der Waals surface area contributed by atoms with Gasteiger partial charge in [0.2, 0.25) is 0 Å². The predicted molar refractivity (Wildman–Crippen MR) is 51.0 cm³/mol. The Labute approximate surface area is 78.4 Å². The molecule has 0 bridgehead atoms. The van der Waals surface area contributed by atoms with E-state index < -0.39 is 0 Å². The van der Waals surface area contributed by atoms with Crippen LogP contribution < -0.4 is 0 Å². The molecule has 0 amide bonds. The van der Waals surface area contributed by atoms with Crippen molar-refractivity contribution < 1.29 is 0 Å². The molecule has 1 fully saturated rings. The lowest BCUT2D eigenvalue weighted by atomic mass is 10.2. The monoisotopic (exact) mass is 172 g/mol. The lowest BCUT2D eigenvalue weighted by molar-refractivity contribution is 0.524. The molecule has 0 N–H and O–H groups in total. The van der Waals surface area contributed by atoms with Crippen LogP contribution in [-0.4, -0.2) is 18.0 Å². The molecule has 1 aromatic rings. The van der Waals surface area contributed by atoms with Crippen molar-refractivity contribution in [3.05, 3.63) is 35.9 Å². The molecule has 0 saturated carbocycles. The second-order valence-electron chi connectivity index (χ2n) is 3.33. The van der Waals surface area contributed by atoms with Crippen molar-refractivity contribution in [1.82, 2.24) is 4.90 Å². The van der Waals surface area contributed by atoms with Gasteiger partial charge in [-0.25, -0.2) is 0 Å². The third kappa shape index (κ3) is 1.88. The molecule has 2 rings (SSSR count). The molecule has 13 heavy (non-hydrogen) atoms. The molecule has 2 nitrogen and oxygen atoms in total. The maximum Gasteiger partial charge on any atom is 0.0635 e. The maximum absolute atomic E-state index is 8.42. The SMILES string of the molecule is N#CCCN1CC1c1ccccc1. The Balaban J connectivity index is 1.90. The topological polar surface area (TPSA) is 26.8 Å². The zero-order chi connectivity index (χ0) is 9.10. The fourth-order valence-corrected chi connectivity index (χ4v) is 1.61. The highest BCUT2D eigenvalue weighted by atomic mass is 15.3. The molecule has 66 valence electrons. The largest absolute Gasteiger partial charge is 0.292 e. The Kier molecular flexibility index (Phi) is 2.29. The highest BCUT2D eigenvalue weighted by molar-refractivity contribution is 5.23. The van der Waals surface area contributed by atoms with Gasteiger partial charge in [-0.1, -0.05) is 30.3 Å². The average molecular weight is 172 g/mol. The minimum atomic E-state index is 0.578. The fourth-order valence-electron chi connectivity index (χ4n) is 1.61. The van der Waals surface area contributed by atoms with Gasteiger partial charge >= 0.3 is 0 Å². The molecule has 1 aliphatic rings. The highest BCUT2D eigenvalue weighted by Crippen LogP contribution is 2.33. The molecule has 0 spiro atoms. The Morgan fingerprint density at radius 3 is 2.85 bits per heavy atom. The maximum atomic E-state index is 8.42. The van der Waals surface area contributed by atoms with Crippen molar-refractivity contribution in [2.24, 2.45) is 0 Å². The number of nitriles is 1. The van der Waals surface area contributed by atoms with Crippen molar-refractivity contribution in [2.75, 3.05) is 13.1 Å². The fraction of sp³-hybridized carbons (Fsp3) is 0.364. The first-order valence-corrected chi connectivity index (χ1v) is 4.58. The lowest BCUT2D eigenvalue weighted by Crippen LogP contribution is -1.99. The molecule has 0 aromatic heterocycles. The normalized spacial score (nSPS) is 25.2. The summed E-state index contributed by atoms with van der Waals surface area (Å²) in [5.41, 5.74) is 1.38. The molecule has 2 heteroatoms. The standard InChI is InChI=1S/C11H12N2/c12-7-4-8-13-9-11(13)10-5-2-1-3-6-10/h1-3,5-6,11H,4,8-9H2. The number of nitrogens with zero attached hydrogens (tertiary/aromatic N) is 2. The smallest absolute Gasteiger partial charge is 0.0635 e. The first-order chi connectivity index (χ1) is 6.42. The lowest BCUT2D eigenvalue weighted by Gasteiger charge is -1.99. The van der Waals surface area contributed by atoms with Gasteiger partial charge < -0.3 is 0 Å². The summed E-state index contributed by atoms with van der Waals surface area (Å²) in [7, 11) is 0. The predicted octanol–water partition coefficient (Wildman–Crippen LogP) is 1.96. The van der Waals surface area contributed by atoms with Crippen LogP contribution in [0.25, 0.3) is 0 Å². The third-order valence-corrected chi connectivity index (χ3v) is 2.41. The molecule has 0 aliphatic carbocycles. The van der Waals surface area contributed by atoms with E-state index in [0.717, 1.165) is 13.1 Å². The van der Waals surface area contributed by atoms with Gasteiger partial charge in [0.05, 0.1) is 6.07 Å². The summed E-state index contributed by atoms with van der Waals surface area (Å²) in [4.78, 5) is 2.32. The van der Waals surface area contributed by atoms with Gasteiger partial charge in [-0.2, -0.15) is 5.26 Å². The van der Waals surface area contributed by atoms with E-state index in [9.17, 15) is 0 Å². The summed E-state index contributed by atoms with van der Waals surface area (Å²) in [6.07, 6.45) is 0.642. The molecule has 1 saturated heterocycles. The van der Waals surface area contributed by atoms with Crippen LogP contribution in [0, 0.1) is 11.3 Å². The second-order valence-corrected chi connectivity index (χ2v) is 3.33. The first kappa shape index (κ1) is 8.28. The summed E-state index contributed by atoms with van der Waals surface area (Å²) in [6, 6.07) is 13.2. The van der Waals surface area contributed by atoms with Crippen molar-refractivity contribution in [3.8, 4) is 6.07 Å². The Morgan fingerprint density at radius 1 is 1.38 bits per heavy atom. The Morgan fingerprint density at radius 2 is 2.15 bits per heavy atom. The van der Waals surface area contributed by atoms with Crippen molar-refractivity contribution in [1.29, 1.82) is 5.26 Å². The number of hydrogen-bond donors (Lipinski definition) is 0. The molecule has 2 unspecified atom stereocenters. The zero-order valence-electron chi connectivity index (χ0n) is 7.48. The number of rotatable bonds is 3. The average Bonchev–Trinajstić information content (AvgIpc) is 2.95. The summed E-state index contributed by atoms with van der Waals surface area (Å²) in [5.74, 6) is 0. The van der Waals surface area contributed by atoms with E-state index in [1.54, 1.807) is 0 Å². The number of benzene rings is 1. The summed E-state index contributed by atoms with van der Waals surface area (Å²) in [6.45, 7) is 2.03. The van der Waals surface area contributed by atoms with Crippen LogP contribution in [0.1, 0.15) is 18.0 Å². The first-order valence-electron chi connectivity index (χ1n) is 4.58. The quantitative estimate of drug-likeness (QED) is 0.651. The summed E-state index contributed by atoms with van der Waals surface area (Å²) < 4.78 is 0. The van der Waals surface area contributed by atoms with Gasteiger partial charge in [0.15, 0.2) is 0 Å². The van der Waals surface area contributed by atoms with Crippen molar-refractivity contribution in [3.63, 3.8) is 0 Å². The van der Waals surface area contributed by atoms with E-state index in [1.165, 1.54) is 5.56 Å². The zero-order valence-corrected chi connectivity index (χ0v) is 7.48. The van der Waals surface area contributed by atoms with Gasteiger partial charge in [-0.3, -0.25) is 4.90 Å². The van der Waals surface area contributed by atoms with Crippen molar-refractivity contribution in [2.45, 2.75) is 12.5 Å². The van der Waals surface area contributed by atoms with Crippen LogP contribution in [0.2, 0.25) is 0 Å². The van der Waals surface area contributed by atoms with E-state index in [1.807, 2.05) is 6.07 Å². The van der Waals surface area contributed by atoms with Gasteiger partial charge in [-0.05, 0) is 5.56 Å². The van der Waals surface area contributed by atoms with E-state index in [4.69, 9.17) is 5.26 Å². The van der Waals surface area contributed by atoms with Gasteiger partial charge in [0, 0.05) is 25.6 Å². The molecule has 1 aliphatic heterocycles. The molecule has 1 heterocycles. The summed E-state index contributed by atoms with van der Waals surface area (Å²) >= 11 is 0. The van der Waals surface area contributed by atoms with Gasteiger partial charge in [0.25, 0.3) is 0 Å². The minimum absolute atomic E-state index is 0.578. The third-order valence-electron chi connectivity index (χ3n) is 2.41. The second kappa shape index (κ2) is 3.59.